The molecule has 3 nitrogen and oxygen atoms in total. The Hall–Kier alpha value is -1.86. The number of aromatic carboxylic acids is 1. The van der Waals surface area contributed by atoms with E-state index in [1.807, 2.05) is 0 Å². The zero-order chi connectivity index (χ0) is 15.5. The van der Waals surface area contributed by atoms with Gasteiger partial charge in [-0.1, -0.05) is 18.2 Å². The first-order chi connectivity index (χ1) is 9.86. The summed E-state index contributed by atoms with van der Waals surface area (Å²) in [7, 11) is 0. The average molecular weight is 315 g/mol. The van der Waals surface area contributed by atoms with Gasteiger partial charge in [-0.2, -0.15) is 13.2 Å². The van der Waals surface area contributed by atoms with E-state index < -0.39 is 17.7 Å². The van der Waals surface area contributed by atoms with Crippen molar-refractivity contribution in [2.45, 2.75) is 19.3 Å². The van der Waals surface area contributed by atoms with Crippen LogP contribution < -0.4 is 5.32 Å². The topological polar surface area (TPSA) is 49.3 Å². The van der Waals surface area contributed by atoms with Crippen LogP contribution in [0.1, 0.15) is 25.7 Å². The molecule has 0 spiro atoms. The summed E-state index contributed by atoms with van der Waals surface area (Å²) >= 11 is 1.14. The molecule has 0 saturated heterocycles. The van der Waals surface area contributed by atoms with Crippen LogP contribution >= 0.6 is 11.3 Å². The Morgan fingerprint density at radius 3 is 2.57 bits per heavy atom. The van der Waals surface area contributed by atoms with Crippen molar-refractivity contribution in [3.63, 3.8) is 0 Å². The van der Waals surface area contributed by atoms with E-state index in [9.17, 15) is 18.0 Å². The molecule has 0 unspecified atom stereocenters. The van der Waals surface area contributed by atoms with E-state index >= 15 is 0 Å². The lowest BCUT2D eigenvalue weighted by Gasteiger charge is -2.09. The fraction of sp³-hybridized carbons (Fsp3) is 0.214. The van der Waals surface area contributed by atoms with E-state index in [2.05, 4.69) is 5.32 Å². The Kier molecular flexibility index (Phi) is 4.64. The van der Waals surface area contributed by atoms with Gasteiger partial charge in [0.25, 0.3) is 0 Å². The second-order valence-electron chi connectivity index (χ2n) is 4.37. The van der Waals surface area contributed by atoms with E-state index in [0.717, 1.165) is 28.3 Å². The maximum absolute atomic E-state index is 12.6. The van der Waals surface area contributed by atoms with Gasteiger partial charge in [-0.25, -0.2) is 4.79 Å². The maximum Gasteiger partial charge on any atom is 0.416 e. The van der Waals surface area contributed by atoms with Crippen LogP contribution in [0.5, 0.6) is 0 Å². The highest BCUT2D eigenvalue weighted by Gasteiger charge is 2.30. The third-order valence-electron chi connectivity index (χ3n) is 2.76. The maximum atomic E-state index is 12.6. The predicted molar refractivity (Wildman–Crippen MR) is 73.3 cm³/mol. The van der Waals surface area contributed by atoms with E-state index in [4.69, 9.17) is 5.11 Å². The molecule has 2 rings (SSSR count). The summed E-state index contributed by atoms with van der Waals surface area (Å²) in [6.45, 7) is 0.693. The summed E-state index contributed by atoms with van der Waals surface area (Å²) in [5.41, 5.74) is -0.147. The normalized spacial score (nSPS) is 11.6. The zero-order valence-corrected chi connectivity index (χ0v) is 11.6. The standard InChI is InChI=1S/C14H12F3NO2S/c15-14(16,17)10-3-1-2-9(6-10)7-18-8-11-4-5-12(21-11)13(19)20/h1-6,18H,7-8H2,(H,19,20). The van der Waals surface area contributed by atoms with Crippen LogP contribution in [0.2, 0.25) is 0 Å². The number of carbonyl (C=O) groups is 1. The van der Waals surface area contributed by atoms with Crippen molar-refractivity contribution in [3.8, 4) is 0 Å². The van der Waals surface area contributed by atoms with Gasteiger partial charge in [0.2, 0.25) is 0 Å². The van der Waals surface area contributed by atoms with E-state index in [1.54, 1.807) is 12.1 Å². The van der Waals surface area contributed by atoms with Crippen LogP contribution in [0.3, 0.4) is 0 Å². The number of hydrogen-bond donors (Lipinski definition) is 2. The van der Waals surface area contributed by atoms with Crippen LogP contribution in [0.4, 0.5) is 13.2 Å². The molecule has 0 atom stereocenters. The first-order valence-electron chi connectivity index (χ1n) is 6.05. The average Bonchev–Trinajstić information content (AvgIpc) is 2.87. The molecule has 112 valence electrons. The van der Waals surface area contributed by atoms with Crippen molar-refractivity contribution >= 4 is 17.3 Å². The molecule has 21 heavy (non-hydrogen) atoms. The fourth-order valence-corrected chi connectivity index (χ4v) is 2.59. The van der Waals surface area contributed by atoms with Crippen molar-refractivity contribution in [1.29, 1.82) is 0 Å². The Labute approximate surface area is 123 Å². The van der Waals surface area contributed by atoms with Crippen molar-refractivity contribution in [3.05, 3.63) is 57.3 Å². The molecule has 0 bridgehead atoms. The molecule has 0 radical (unpaired) electrons. The van der Waals surface area contributed by atoms with Crippen molar-refractivity contribution in [1.82, 2.24) is 5.32 Å². The van der Waals surface area contributed by atoms with Crippen molar-refractivity contribution in [2.75, 3.05) is 0 Å². The van der Waals surface area contributed by atoms with Gasteiger partial charge in [-0.15, -0.1) is 11.3 Å². The third kappa shape index (κ3) is 4.30. The summed E-state index contributed by atoms with van der Waals surface area (Å²) in [6.07, 6.45) is -4.35. The highest BCUT2D eigenvalue weighted by molar-refractivity contribution is 7.13. The molecule has 0 aliphatic rings. The minimum Gasteiger partial charge on any atom is -0.477 e. The molecular formula is C14H12F3NO2S. The predicted octanol–water partition coefficient (Wildman–Crippen LogP) is 3.75. The Balaban J connectivity index is 1.92. The molecule has 0 saturated carbocycles. The Bertz CT molecular complexity index is 637. The van der Waals surface area contributed by atoms with Gasteiger partial charge < -0.3 is 10.4 Å². The fourth-order valence-electron chi connectivity index (χ4n) is 1.78. The minimum absolute atomic E-state index is 0.242. The second kappa shape index (κ2) is 6.28. The molecule has 0 aliphatic carbocycles. The number of halogens is 3. The highest BCUT2D eigenvalue weighted by Crippen LogP contribution is 2.29. The quantitative estimate of drug-likeness (QED) is 0.883. The molecule has 1 aromatic carbocycles. The molecule has 1 aromatic heterocycles. The van der Waals surface area contributed by atoms with Gasteiger partial charge in [0.05, 0.1) is 5.56 Å². The number of thiophene rings is 1. The molecule has 2 aromatic rings. The van der Waals surface area contributed by atoms with Gasteiger partial charge in [-0.3, -0.25) is 0 Å². The second-order valence-corrected chi connectivity index (χ2v) is 5.54. The minimum atomic E-state index is -4.35. The summed E-state index contributed by atoms with van der Waals surface area (Å²) in [5, 5.41) is 11.8. The number of nitrogens with one attached hydrogen (secondary N) is 1. The van der Waals surface area contributed by atoms with Gasteiger partial charge in [0, 0.05) is 18.0 Å². The van der Waals surface area contributed by atoms with Gasteiger partial charge >= 0.3 is 12.1 Å². The number of benzene rings is 1. The SMILES string of the molecule is O=C(O)c1ccc(CNCc2cccc(C(F)(F)F)c2)s1. The monoisotopic (exact) mass is 315 g/mol. The molecule has 0 amide bonds. The first kappa shape index (κ1) is 15.5. The Morgan fingerprint density at radius 1 is 1.19 bits per heavy atom. The van der Waals surface area contributed by atoms with Crippen molar-refractivity contribution < 1.29 is 23.1 Å². The third-order valence-corrected chi connectivity index (χ3v) is 3.83. The first-order valence-corrected chi connectivity index (χ1v) is 6.87. The van der Waals surface area contributed by atoms with E-state index in [1.165, 1.54) is 12.1 Å². The summed E-state index contributed by atoms with van der Waals surface area (Å²) in [5.74, 6) is -0.982. The highest BCUT2D eigenvalue weighted by atomic mass is 32.1. The molecule has 0 aliphatic heterocycles. The molecule has 2 N–H and O–H groups in total. The Morgan fingerprint density at radius 2 is 1.95 bits per heavy atom. The number of hydrogen-bond acceptors (Lipinski definition) is 3. The number of alkyl halides is 3. The molecule has 1 heterocycles. The zero-order valence-electron chi connectivity index (χ0n) is 10.8. The van der Waals surface area contributed by atoms with E-state index in [-0.39, 0.29) is 11.4 Å². The van der Waals surface area contributed by atoms with E-state index in [0.29, 0.717) is 12.1 Å². The number of carboxylic acid groups (broad SMARTS) is 1. The molecule has 7 heteroatoms. The number of rotatable bonds is 5. The largest absolute Gasteiger partial charge is 0.477 e. The van der Waals surface area contributed by atoms with Crippen LogP contribution in [0.25, 0.3) is 0 Å². The lowest BCUT2D eigenvalue weighted by Crippen LogP contribution is -2.13. The summed E-state index contributed by atoms with van der Waals surface area (Å²) in [4.78, 5) is 11.8. The number of carboxylic acids is 1. The van der Waals surface area contributed by atoms with Crippen LogP contribution in [0, 0.1) is 0 Å². The lowest BCUT2D eigenvalue weighted by atomic mass is 10.1. The van der Waals surface area contributed by atoms with Crippen LogP contribution in [-0.4, -0.2) is 11.1 Å². The summed E-state index contributed by atoms with van der Waals surface area (Å²) < 4.78 is 37.7. The van der Waals surface area contributed by atoms with Gasteiger partial charge in [0.15, 0.2) is 0 Å². The van der Waals surface area contributed by atoms with Gasteiger partial charge in [-0.05, 0) is 23.8 Å². The van der Waals surface area contributed by atoms with Gasteiger partial charge in [0.1, 0.15) is 4.88 Å². The van der Waals surface area contributed by atoms with Crippen LogP contribution in [0.15, 0.2) is 36.4 Å². The van der Waals surface area contributed by atoms with Crippen LogP contribution in [-0.2, 0) is 19.3 Å². The molecular weight excluding hydrogens is 303 g/mol. The van der Waals surface area contributed by atoms with Crippen molar-refractivity contribution in [2.24, 2.45) is 0 Å². The lowest BCUT2D eigenvalue weighted by molar-refractivity contribution is -0.137. The summed E-state index contributed by atoms with van der Waals surface area (Å²) in [6, 6.07) is 8.31. The smallest absolute Gasteiger partial charge is 0.416 e. The molecule has 0 fully saturated rings.